The van der Waals surface area contributed by atoms with Gasteiger partial charge in [0.05, 0.1) is 16.2 Å². The molecule has 0 heterocycles. The van der Waals surface area contributed by atoms with Crippen LogP contribution < -0.4 is 0 Å². The summed E-state index contributed by atoms with van der Waals surface area (Å²) in [7, 11) is 0. The van der Waals surface area contributed by atoms with Crippen LogP contribution in [0.15, 0.2) is 400 Å². The highest BCUT2D eigenvalue weighted by molar-refractivity contribution is 6.22. The molecule has 0 spiro atoms. The lowest BCUT2D eigenvalue weighted by atomic mass is 9.57. The zero-order valence-corrected chi connectivity index (χ0v) is 60.6. The number of rotatable bonds is 6. The normalized spacial score (nSPS) is 14.2. The van der Waals surface area contributed by atoms with E-state index in [0.717, 1.165) is 0 Å². The molecule has 510 valence electrons. The third-order valence-corrected chi connectivity index (χ3v) is 26.3. The van der Waals surface area contributed by atoms with Crippen molar-refractivity contribution in [3.05, 3.63) is 467 Å². The van der Waals surface area contributed by atoms with Crippen LogP contribution >= 0.6 is 0 Å². The molecule has 0 aliphatic heterocycles. The van der Waals surface area contributed by atoms with Crippen LogP contribution in [0.3, 0.4) is 0 Å². The van der Waals surface area contributed by atoms with Crippen molar-refractivity contribution in [2.45, 2.75) is 16.2 Å². The van der Waals surface area contributed by atoms with E-state index in [4.69, 9.17) is 0 Å². The summed E-state index contributed by atoms with van der Waals surface area (Å²) in [5.74, 6) is 0. The molecule has 0 fully saturated rings. The predicted octanol–water partition coefficient (Wildman–Crippen LogP) is 28.6. The molecule has 111 heavy (non-hydrogen) atoms. The molecular weight excluding hydrogens is 1330 g/mol. The maximum atomic E-state index is 2.58. The number of hydrogen-bond acceptors (Lipinski definition) is 0. The van der Waals surface area contributed by atoms with Crippen molar-refractivity contribution in [3.8, 4) is 33.4 Å². The third kappa shape index (κ3) is 7.73. The fraction of sp³-hybridized carbons (Fsp3) is 0.0270. The number of benzene rings is 22. The highest BCUT2D eigenvalue weighted by atomic mass is 14.6. The van der Waals surface area contributed by atoms with Crippen molar-refractivity contribution in [2.75, 3.05) is 0 Å². The number of hydrogen-bond donors (Lipinski definition) is 0. The van der Waals surface area contributed by atoms with Crippen molar-refractivity contribution >= 4 is 129 Å². The van der Waals surface area contributed by atoms with Crippen molar-refractivity contribution in [3.63, 3.8) is 0 Å². The van der Waals surface area contributed by atoms with Crippen LogP contribution in [-0.2, 0) is 16.2 Å². The first-order valence-corrected chi connectivity index (χ1v) is 39.1. The van der Waals surface area contributed by atoms with Gasteiger partial charge in [0.2, 0.25) is 0 Å². The van der Waals surface area contributed by atoms with Gasteiger partial charge in [-0.2, -0.15) is 0 Å². The third-order valence-electron chi connectivity index (χ3n) is 26.3. The van der Waals surface area contributed by atoms with Gasteiger partial charge in [-0.1, -0.05) is 364 Å². The largest absolute Gasteiger partial charge is 0.0743 e. The summed E-state index contributed by atoms with van der Waals surface area (Å²) < 4.78 is 0. The Morgan fingerprint density at radius 2 is 0.243 bits per heavy atom. The van der Waals surface area contributed by atoms with Gasteiger partial charge in [0.25, 0.3) is 0 Å². The van der Waals surface area contributed by atoms with Gasteiger partial charge in [-0.05, 0) is 266 Å². The van der Waals surface area contributed by atoms with E-state index in [1.54, 1.807) is 0 Å². The molecule has 0 heteroatoms. The smallest absolute Gasteiger partial charge is 0.0619 e. The minimum absolute atomic E-state index is 1.15. The van der Waals surface area contributed by atoms with E-state index in [-0.39, 0.29) is 0 Å². The minimum Gasteiger partial charge on any atom is -0.0619 e. The molecule has 22 aromatic carbocycles. The average Bonchev–Trinajstić information content (AvgIpc) is 1.45. The first-order chi connectivity index (χ1) is 55.1. The molecule has 0 amide bonds. The summed E-state index contributed by atoms with van der Waals surface area (Å²) in [6.45, 7) is 0. The van der Waals surface area contributed by atoms with Crippen LogP contribution in [0.5, 0.6) is 0 Å². The van der Waals surface area contributed by atoms with Crippen molar-refractivity contribution in [2.24, 2.45) is 0 Å². The van der Waals surface area contributed by atoms with Gasteiger partial charge in [0, 0.05) is 0 Å². The molecule has 25 rings (SSSR count). The quantitative estimate of drug-likeness (QED) is 0.146. The first-order valence-electron chi connectivity index (χ1n) is 39.1. The van der Waals surface area contributed by atoms with Gasteiger partial charge in [-0.25, -0.2) is 0 Å². The minimum atomic E-state index is -1.15. The maximum Gasteiger partial charge on any atom is 0.0743 e. The van der Waals surface area contributed by atoms with Gasteiger partial charge < -0.3 is 0 Å². The van der Waals surface area contributed by atoms with E-state index in [2.05, 4.69) is 400 Å². The van der Waals surface area contributed by atoms with E-state index in [0.29, 0.717) is 0 Å². The lowest BCUT2D eigenvalue weighted by Gasteiger charge is -2.43. The van der Waals surface area contributed by atoms with E-state index >= 15 is 0 Å². The molecule has 3 aliphatic carbocycles. The zero-order chi connectivity index (χ0) is 72.4. The fourth-order valence-electron chi connectivity index (χ4n) is 22.6. The second-order valence-corrected chi connectivity index (χ2v) is 31.3. The standard InChI is InChI=1S/C111H66/c1-13-43-79-67(31-1)61-68-32-2-14-44-80(68)100(79)109(101-81-45-15-3-33-69(81)62-70-34-4-16-46-82(70)101)94-58-28-25-55-91(94)97-106(109)98-92-56-26-29-59-95(92)110(102-83-47-17-5-35-71(83)63-72-36-6-18-48-84(72)102,103-85-49-19-7-37-73(85)64-74-38-8-20-50-86(74)103)108(98)99-93-57-27-30-60-96(93)111(107(97)99,104-87-51-21-9-39-75(87)65-76-40-10-22-52-88(76)104)105-89-53-23-11-41-77(89)66-78-42-12-24-54-90(78)105/h1-66H. The summed E-state index contributed by atoms with van der Waals surface area (Å²) in [6, 6.07) is 157. The molecule has 0 saturated heterocycles. The summed E-state index contributed by atoms with van der Waals surface area (Å²) in [5.41, 5.74) is 19.4. The molecule has 0 radical (unpaired) electrons. The Morgan fingerprint density at radius 1 is 0.117 bits per heavy atom. The van der Waals surface area contributed by atoms with Crippen LogP contribution in [-0.4, -0.2) is 0 Å². The topological polar surface area (TPSA) is 0 Å². The molecule has 0 nitrogen and oxygen atoms in total. The summed E-state index contributed by atoms with van der Waals surface area (Å²) in [6.07, 6.45) is 0. The summed E-state index contributed by atoms with van der Waals surface area (Å²) >= 11 is 0. The van der Waals surface area contributed by atoms with Gasteiger partial charge in [0.15, 0.2) is 0 Å². The van der Waals surface area contributed by atoms with Gasteiger partial charge >= 0.3 is 0 Å². The average molecular weight is 1400 g/mol. The monoisotopic (exact) mass is 1400 g/mol. The Bertz CT molecular complexity index is 6480. The van der Waals surface area contributed by atoms with E-state index in [1.165, 1.54) is 229 Å². The highest BCUT2D eigenvalue weighted by Gasteiger charge is 2.63. The molecular formula is C111H66. The predicted molar refractivity (Wildman–Crippen MR) is 468 cm³/mol. The Balaban J connectivity index is 1.08. The summed E-state index contributed by atoms with van der Waals surface area (Å²) in [5, 5.41) is 29.0. The van der Waals surface area contributed by atoms with Crippen molar-refractivity contribution in [1.29, 1.82) is 0 Å². The molecule has 0 aromatic heterocycles. The Hall–Kier alpha value is -14.0. The van der Waals surface area contributed by atoms with Crippen LogP contribution in [0.1, 0.15) is 66.8 Å². The zero-order valence-electron chi connectivity index (χ0n) is 60.6. The maximum absolute atomic E-state index is 2.58. The fourth-order valence-corrected chi connectivity index (χ4v) is 22.6. The SMILES string of the molecule is c1ccc2c(c1)-c1c(c3c(c4c1C(c1c5ccccc5cc5ccccc15)(c1c5ccccc5cc5ccccc15)c1ccccc1-4)C(c1c4ccccc4cc4ccccc14)(c1c4ccccc4cc4ccccc14)c1ccccc1-3)C2(c1c2ccccc2cc2ccccc12)c1c2ccccc2cc2ccccc12. The van der Waals surface area contributed by atoms with Crippen molar-refractivity contribution < 1.29 is 0 Å². The van der Waals surface area contributed by atoms with E-state index in [9.17, 15) is 0 Å². The molecule has 3 aliphatic rings. The van der Waals surface area contributed by atoms with E-state index in [1.807, 2.05) is 0 Å². The molecule has 22 aromatic rings. The first kappa shape index (κ1) is 61.0. The van der Waals surface area contributed by atoms with Gasteiger partial charge in [-0.3, -0.25) is 0 Å². The summed E-state index contributed by atoms with van der Waals surface area (Å²) in [4.78, 5) is 0. The molecule has 0 atom stereocenters. The molecule has 0 N–H and O–H groups in total. The molecule has 0 saturated carbocycles. The lowest BCUT2D eigenvalue weighted by Crippen LogP contribution is -2.35. The Kier molecular flexibility index (Phi) is 12.4. The molecule has 0 bridgehead atoms. The van der Waals surface area contributed by atoms with Crippen LogP contribution in [0, 0.1) is 0 Å². The Labute approximate surface area is 641 Å². The highest BCUT2D eigenvalue weighted by Crippen LogP contribution is 2.76. The Morgan fingerprint density at radius 3 is 0.396 bits per heavy atom. The van der Waals surface area contributed by atoms with Crippen LogP contribution in [0.4, 0.5) is 0 Å². The second kappa shape index (κ2) is 22.5. The molecule has 0 unspecified atom stereocenters. The van der Waals surface area contributed by atoms with E-state index < -0.39 is 16.2 Å². The van der Waals surface area contributed by atoms with Crippen molar-refractivity contribution in [1.82, 2.24) is 0 Å². The lowest BCUT2D eigenvalue weighted by molar-refractivity contribution is 0.770. The second-order valence-electron chi connectivity index (χ2n) is 31.3. The van der Waals surface area contributed by atoms with Gasteiger partial charge in [-0.15, -0.1) is 0 Å². The number of fused-ring (bicyclic) bond motifs is 24. The van der Waals surface area contributed by atoms with Gasteiger partial charge in [0.1, 0.15) is 0 Å². The van der Waals surface area contributed by atoms with Crippen LogP contribution in [0.2, 0.25) is 0 Å². The van der Waals surface area contributed by atoms with Crippen LogP contribution in [0.25, 0.3) is 163 Å².